The number of morpholine rings is 1. The van der Waals surface area contributed by atoms with Crippen LogP contribution in [0.1, 0.15) is 43.0 Å². The summed E-state index contributed by atoms with van der Waals surface area (Å²) in [4.78, 5) is 14.8. The van der Waals surface area contributed by atoms with Crippen LogP contribution in [0.2, 0.25) is 5.02 Å². The van der Waals surface area contributed by atoms with Gasteiger partial charge >= 0.3 is 0 Å². The van der Waals surface area contributed by atoms with Crippen LogP contribution in [0.4, 0.5) is 5.69 Å². The first-order valence-corrected chi connectivity index (χ1v) is 11.7. The molecule has 33 heavy (non-hydrogen) atoms. The second-order valence-corrected chi connectivity index (χ2v) is 7.97. The predicted molar refractivity (Wildman–Crippen MR) is 135 cm³/mol. The standard InChI is InChI=1S/C23H29ClN4O3.C2H6/c1-2-17-11-16(14-28-7-9-31-10-8-28)12-19(20(17)25)22(29)21(26)23(30)27-13-15-3-5-18(24)6-4-15;1-2/h3-6,11-12,29H,2,7-10,13-14,25-26H2,1H3,(H,27,30);1-2H3/b22-21+;. The smallest absolute Gasteiger partial charge is 0.271 e. The Balaban J connectivity index is 0.00000187. The molecular weight excluding hydrogens is 440 g/mol. The monoisotopic (exact) mass is 474 g/mol. The van der Waals surface area contributed by atoms with Gasteiger partial charge in [0.2, 0.25) is 0 Å². The predicted octanol–water partition coefficient (Wildman–Crippen LogP) is 3.84. The minimum absolute atomic E-state index is 0.261. The fourth-order valence-corrected chi connectivity index (χ4v) is 3.63. The molecule has 0 aromatic heterocycles. The van der Waals surface area contributed by atoms with Crippen molar-refractivity contribution < 1.29 is 14.6 Å². The first-order valence-electron chi connectivity index (χ1n) is 11.3. The van der Waals surface area contributed by atoms with Crippen molar-refractivity contribution in [1.82, 2.24) is 10.2 Å². The van der Waals surface area contributed by atoms with Crippen molar-refractivity contribution in [3.05, 3.63) is 69.4 Å². The third-order valence-electron chi connectivity index (χ3n) is 5.34. The summed E-state index contributed by atoms with van der Waals surface area (Å²) in [5.41, 5.74) is 15.6. The summed E-state index contributed by atoms with van der Waals surface area (Å²) in [5, 5.41) is 14.1. The number of carbonyl (C=O) groups is 1. The van der Waals surface area contributed by atoms with Crippen molar-refractivity contribution in [3.8, 4) is 0 Å². The zero-order chi connectivity index (χ0) is 24.4. The Hall–Kier alpha value is -2.74. The van der Waals surface area contributed by atoms with E-state index in [0.717, 1.165) is 29.8 Å². The van der Waals surface area contributed by atoms with Gasteiger partial charge in [0.25, 0.3) is 5.91 Å². The number of hydrogen-bond acceptors (Lipinski definition) is 6. The van der Waals surface area contributed by atoms with E-state index in [4.69, 9.17) is 27.8 Å². The molecule has 0 unspecified atom stereocenters. The van der Waals surface area contributed by atoms with Crippen LogP contribution in [0, 0.1) is 0 Å². The largest absolute Gasteiger partial charge is 0.505 e. The van der Waals surface area contributed by atoms with Gasteiger partial charge in [0.15, 0.2) is 5.76 Å². The summed E-state index contributed by atoms with van der Waals surface area (Å²) in [5.74, 6) is -0.881. The van der Waals surface area contributed by atoms with Crippen LogP contribution in [0.5, 0.6) is 0 Å². The van der Waals surface area contributed by atoms with Gasteiger partial charge in [-0.3, -0.25) is 9.69 Å². The second-order valence-electron chi connectivity index (χ2n) is 7.53. The second kappa shape index (κ2) is 13.1. The summed E-state index contributed by atoms with van der Waals surface area (Å²) in [6.07, 6.45) is 0.700. The highest BCUT2D eigenvalue weighted by Crippen LogP contribution is 2.28. The Morgan fingerprint density at radius 3 is 2.39 bits per heavy atom. The molecule has 1 heterocycles. The first-order chi connectivity index (χ1) is 15.9. The van der Waals surface area contributed by atoms with Crippen LogP contribution in [0.15, 0.2) is 42.1 Å². The molecule has 1 fully saturated rings. The highest BCUT2D eigenvalue weighted by atomic mass is 35.5. The number of carbonyl (C=O) groups excluding carboxylic acids is 1. The van der Waals surface area contributed by atoms with Gasteiger partial charge in [-0.15, -0.1) is 0 Å². The number of aliphatic hydroxyl groups is 1. The lowest BCUT2D eigenvalue weighted by Gasteiger charge is -2.27. The molecule has 8 heteroatoms. The molecule has 3 rings (SSSR count). The first kappa shape index (κ1) is 26.5. The molecule has 0 bridgehead atoms. The summed E-state index contributed by atoms with van der Waals surface area (Å²) in [6.45, 7) is 10.1. The molecule has 1 saturated heterocycles. The number of nitrogen functional groups attached to an aromatic ring is 1. The highest BCUT2D eigenvalue weighted by Gasteiger charge is 2.19. The molecule has 7 nitrogen and oxygen atoms in total. The lowest BCUT2D eigenvalue weighted by molar-refractivity contribution is -0.117. The van der Waals surface area contributed by atoms with Crippen molar-refractivity contribution in [2.75, 3.05) is 32.0 Å². The zero-order valence-corrected chi connectivity index (χ0v) is 20.4. The average Bonchev–Trinajstić information content (AvgIpc) is 2.85. The van der Waals surface area contributed by atoms with Gasteiger partial charge in [0, 0.05) is 42.5 Å². The molecule has 0 spiro atoms. The molecule has 0 radical (unpaired) electrons. The maximum absolute atomic E-state index is 12.5. The topological polar surface area (TPSA) is 114 Å². The molecular formula is C25H35ClN4O3. The molecule has 1 aliphatic rings. The summed E-state index contributed by atoms with van der Waals surface area (Å²) >= 11 is 5.88. The van der Waals surface area contributed by atoms with Crippen molar-refractivity contribution >= 4 is 29.0 Å². The van der Waals surface area contributed by atoms with E-state index in [9.17, 15) is 9.90 Å². The zero-order valence-electron chi connectivity index (χ0n) is 19.7. The summed E-state index contributed by atoms with van der Waals surface area (Å²) < 4.78 is 5.41. The van der Waals surface area contributed by atoms with Crippen LogP contribution < -0.4 is 16.8 Å². The van der Waals surface area contributed by atoms with Crippen LogP contribution in [0.3, 0.4) is 0 Å². The molecule has 0 aliphatic carbocycles. The third kappa shape index (κ3) is 7.39. The molecule has 180 valence electrons. The number of nitrogens with zero attached hydrogens (tertiary/aromatic N) is 1. The molecule has 0 saturated carbocycles. The van der Waals surface area contributed by atoms with Crippen molar-refractivity contribution in [3.63, 3.8) is 0 Å². The van der Waals surface area contributed by atoms with Crippen molar-refractivity contribution in [2.45, 2.75) is 40.3 Å². The number of halogens is 1. The molecule has 6 N–H and O–H groups in total. The number of benzene rings is 2. The van der Waals surface area contributed by atoms with Gasteiger partial charge in [-0.05, 0) is 41.3 Å². The molecule has 1 amide bonds. The van der Waals surface area contributed by atoms with E-state index < -0.39 is 5.91 Å². The fourth-order valence-electron chi connectivity index (χ4n) is 3.51. The van der Waals surface area contributed by atoms with E-state index in [1.807, 2.05) is 39.0 Å². The Morgan fingerprint density at radius 1 is 1.15 bits per heavy atom. The van der Waals surface area contributed by atoms with Crippen molar-refractivity contribution in [2.24, 2.45) is 5.73 Å². The fraction of sp³-hybridized carbons (Fsp3) is 0.400. The number of hydrogen-bond donors (Lipinski definition) is 4. The average molecular weight is 475 g/mol. The number of amides is 1. The number of anilines is 1. The number of aryl methyl sites for hydroxylation is 1. The molecule has 2 aromatic rings. The molecule has 1 aliphatic heterocycles. The van der Waals surface area contributed by atoms with Gasteiger partial charge < -0.3 is 26.6 Å². The SMILES string of the molecule is CC.CCc1cc(CN2CCOCC2)cc(/C(O)=C(\N)C(=O)NCc2ccc(Cl)cc2)c1N. The van der Waals surface area contributed by atoms with E-state index in [2.05, 4.69) is 10.2 Å². The quantitative estimate of drug-likeness (QED) is 0.275. The van der Waals surface area contributed by atoms with Gasteiger partial charge in [0.1, 0.15) is 5.70 Å². The third-order valence-corrected chi connectivity index (χ3v) is 5.59. The summed E-state index contributed by atoms with van der Waals surface area (Å²) in [7, 11) is 0. The number of aliphatic hydroxyl groups excluding tert-OH is 1. The Kier molecular flexibility index (Phi) is 10.5. The van der Waals surface area contributed by atoms with Gasteiger partial charge in [-0.25, -0.2) is 0 Å². The van der Waals surface area contributed by atoms with E-state index in [0.29, 0.717) is 42.5 Å². The normalized spacial score (nSPS) is 14.7. The Bertz CT molecular complexity index is 955. The molecule has 2 aromatic carbocycles. The minimum atomic E-state index is -0.566. The molecule has 0 atom stereocenters. The van der Waals surface area contributed by atoms with Crippen LogP contribution in [-0.2, 0) is 29.0 Å². The van der Waals surface area contributed by atoms with E-state index in [1.165, 1.54) is 0 Å². The Labute approximate surface area is 201 Å². The minimum Gasteiger partial charge on any atom is -0.505 e. The highest BCUT2D eigenvalue weighted by molar-refractivity contribution is 6.30. The van der Waals surface area contributed by atoms with Crippen LogP contribution in [-0.4, -0.2) is 42.2 Å². The lowest BCUT2D eigenvalue weighted by atomic mass is 9.98. The van der Waals surface area contributed by atoms with E-state index in [1.54, 1.807) is 18.2 Å². The van der Waals surface area contributed by atoms with E-state index >= 15 is 0 Å². The summed E-state index contributed by atoms with van der Waals surface area (Å²) in [6, 6.07) is 10.9. The van der Waals surface area contributed by atoms with Gasteiger partial charge in [0.05, 0.1) is 13.2 Å². The van der Waals surface area contributed by atoms with Crippen molar-refractivity contribution in [1.29, 1.82) is 0 Å². The van der Waals surface area contributed by atoms with Gasteiger partial charge in [-0.1, -0.05) is 50.6 Å². The number of ether oxygens (including phenoxy) is 1. The maximum atomic E-state index is 12.5. The van der Waals surface area contributed by atoms with Crippen LogP contribution in [0.25, 0.3) is 5.76 Å². The van der Waals surface area contributed by atoms with Crippen LogP contribution >= 0.6 is 11.6 Å². The number of nitrogens with two attached hydrogens (primary N) is 2. The van der Waals surface area contributed by atoms with Gasteiger partial charge in [-0.2, -0.15) is 0 Å². The number of nitrogens with one attached hydrogen (secondary N) is 1. The lowest BCUT2D eigenvalue weighted by Crippen LogP contribution is -2.35. The Morgan fingerprint density at radius 2 is 1.79 bits per heavy atom. The number of rotatable bonds is 7. The maximum Gasteiger partial charge on any atom is 0.271 e. The van der Waals surface area contributed by atoms with E-state index in [-0.39, 0.29) is 18.0 Å².